The summed E-state index contributed by atoms with van der Waals surface area (Å²) in [4.78, 5) is 13.6. The molecule has 78 valence electrons. The van der Waals surface area contributed by atoms with Crippen LogP contribution in [0.3, 0.4) is 0 Å². The number of rotatable bonds is 3. The molecule has 1 heterocycles. The lowest BCUT2D eigenvalue weighted by Gasteiger charge is -2.00. The van der Waals surface area contributed by atoms with E-state index in [1.807, 2.05) is 0 Å². The molecule has 0 amide bonds. The number of pyridine rings is 1. The zero-order chi connectivity index (χ0) is 10.8. The molecule has 0 aliphatic heterocycles. The second-order valence-corrected chi connectivity index (χ2v) is 5.20. The van der Waals surface area contributed by atoms with Gasteiger partial charge >= 0.3 is 0 Å². The van der Waals surface area contributed by atoms with Crippen molar-refractivity contribution in [2.45, 2.75) is 6.61 Å². The SMILES string of the molecule is CS(=O)(=O)OCc1cc(Br)c[nH]c1=O. The number of nitrogens with one attached hydrogen (secondary N) is 1. The van der Waals surface area contributed by atoms with E-state index in [4.69, 9.17) is 0 Å². The highest BCUT2D eigenvalue weighted by Crippen LogP contribution is 2.07. The topological polar surface area (TPSA) is 76.2 Å². The van der Waals surface area contributed by atoms with Crippen molar-refractivity contribution >= 4 is 26.0 Å². The molecule has 0 fully saturated rings. The van der Waals surface area contributed by atoms with Crippen molar-refractivity contribution in [3.05, 3.63) is 32.7 Å². The fourth-order valence-electron chi connectivity index (χ4n) is 0.779. The average molecular weight is 282 g/mol. The summed E-state index contributed by atoms with van der Waals surface area (Å²) in [7, 11) is -3.52. The molecule has 7 heteroatoms. The number of H-pyrrole nitrogens is 1. The van der Waals surface area contributed by atoms with E-state index in [2.05, 4.69) is 25.1 Å². The first kappa shape index (κ1) is 11.4. The Labute approximate surface area is 89.4 Å². The molecule has 0 aliphatic rings. The van der Waals surface area contributed by atoms with Gasteiger partial charge in [-0.3, -0.25) is 8.98 Å². The fourth-order valence-corrected chi connectivity index (χ4v) is 1.51. The van der Waals surface area contributed by atoms with Gasteiger partial charge in [-0.1, -0.05) is 0 Å². The van der Waals surface area contributed by atoms with E-state index >= 15 is 0 Å². The zero-order valence-corrected chi connectivity index (χ0v) is 9.68. The highest BCUT2D eigenvalue weighted by molar-refractivity contribution is 9.10. The minimum absolute atomic E-state index is 0.254. The predicted octanol–water partition coefficient (Wildman–Crippen LogP) is 0.614. The largest absolute Gasteiger partial charge is 0.328 e. The van der Waals surface area contributed by atoms with E-state index in [-0.39, 0.29) is 17.7 Å². The molecular weight excluding hydrogens is 274 g/mol. The van der Waals surface area contributed by atoms with Crippen molar-refractivity contribution in [1.29, 1.82) is 0 Å². The van der Waals surface area contributed by atoms with Gasteiger partial charge in [0.05, 0.1) is 12.9 Å². The summed E-state index contributed by atoms with van der Waals surface area (Å²) >= 11 is 3.14. The monoisotopic (exact) mass is 281 g/mol. The van der Waals surface area contributed by atoms with E-state index in [0.29, 0.717) is 4.47 Å². The summed E-state index contributed by atoms with van der Waals surface area (Å²) in [5.74, 6) is 0. The van der Waals surface area contributed by atoms with Crippen LogP contribution in [-0.4, -0.2) is 19.7 Å². The average Bonchev–Trinajstić information content (AvgIpc) is 2.05. The summed E-state index contributed by atoms with van der Waals surface area (Å²) in [6.45, 7) is -0.256. The van der Waals surface area contributed by atoms with Crippen molar-refractivity contribution in [1.82, 2.24) is 4.98 Å². The molecule has 1 N–H and O–H groups in total. The van der Waals surface area contributed by atoms with Gasteiger partial charge in [-0.05, 0) is 22.0 Å². The van der Waals surface area contributed by atoms with Gasteiger partial charge in [0.15, 0.2) is 0 Å². The first-order valence-electron chi connectivity index (χ1n) is 3.60. The number of hydrogen-bond acceptors (Lipinski definition) is 4. The third kappa shape index (κ3) is 3.60. The van der Waals surface area contributed by atoms with Crippen LogP contribution in [0.5, 0.6) is 0 Å². The molecule has 0 saturated heterocycles. The molecule has 0 saturated carbocycles. The number of hydrogen-bond donors (Lipinski definition) is 1. The second-order valence-electron chi connectivity index (χ2n) is 2.64. The van der Waals surface area contributed by atoms with Crippen LogP contribution < -0.4 is 5.56 Å². The van der Waals surface area contributed by atoms with Gasteiger partial charge in [-0.15, -0.1) is 0 Å². The molecule has 0 aliphatic carbocycles. The normalized spacial score (nSPS) is 11.6. The van der Waals surface area contributed by atoms with Crippen molar-refractivity contribution < 1.29 is 12.6 Å². The number of aromatic amines is 1. The lowest BCUT2D eigenvalue weighted by Crippen LogP contribution is -2.14. The van der Waals surface area contributed by atoms with Crippen molar-refractivity contribution in [2.24, 2.45) is 0 Å². The maximum atomic E-state index is 11.1. The lowest BCUT2D eigenvalue weighted by atomic mass is 10.3. The van der Waals surface area contributed by atoms with Gasteiger partial charge in [0, 0.05) is 16.2 Å². The second kappa shape index (κ2) is 4.24. The predicted molar refractivity (Wildman–Crippen MR) is 54.4 cm³/mol. The Hall–Kier alpha value is -0.660. The van der Waals surface area contributed by atoms with E-state index in [0.717, 1.165) is 6.26 Å². The quantitative estimate of drug-likeness (QED) is 0.824. The Balaban J connectivity index is 2.87. The van der Waals surface area contributed by atoms with E-state index in [9.17, 15) is 13.2 Å². The van der Waals surface area contributed by atoms with Crippen LogP contribution in [0.4, 0.5) is 0 Å². The van der Waals surface area contributed by atoms with Gasteiger partial charge in [0.1, 0.15) is 0 Å². The van der Waals surface area contributed by atoms with Crippen LogP contribution in [0, 0.1) is 0 Å². The standard InChI is InChI=1S/C7H8BrNO4S/c1-14(11,12)13-4-5-2-6(8)3-9-7(5)10/h2-3H,4H2,1H3,(H,9,10). The van der Waals surface area contributed by atoms with Crippen LogP contribution in [0.25, 0.3) is 0 Å². The minimum Gasteiger partial charge on any atom is -0.328 e. The Kier molecular flexibility index (Phi) is 3.46. The zero-order valence-electron chi connectivity index (χ0n) is 7.28. The van der Waals surface area contributed by atoms with Crippen LogP contribution in [0.1, 0.15) is 5.56 Å². The maximum Gasteiger partial charge on any atom is 0.264 e. The minimum atomic E-state index is -3.52. The highest BCUT2D eigenvalue weighted by atomic mass is 79.9. The van der Waals surface area contributed by atoms with Gasteiger partial charge in [-0.25, -0.2) is 0 Å². The third-order valence-corrected chi connectivity index (χ3v) is 2.38. The van der Waals surface area contributed by atoms with Crippen LogP contribution in [0.2, 0.25) is 0 Å². The third-order valence-electron chi connectivity index (χ3n) is 1.37. The molecular formula is C7H8BrNO4S. The van der Waals surface area contributed by atoms with E-state index in [1.54, 1.807) is 0 Å². The number of aromatic nitrogens is 1. The molecule has 0 bridgehead atoms. The molecule has 1 aromatic heterocycles. The Bertz CT molecular complexity index is 479. The van der Waals surface area contributed by atoms with Crippen molar-refractivity contribution in [3.8, 4) is 0 Å². The first-order valence-corrected chi connectivity index (χ1v) is 6.21. The smallest absolute Gasteiger partial charge is 0.264 e. The van der Waals surface area contributed by atoms with Crippen LogP contribution >= 0.6 is 15.9 Å². The molecule has 0 spiro atoms. The van der Waals surface area contributed by atoms with Crippen LogP contribution in [0.15, 0.2) is 21.5 Å². The van der Waals surface area contributed by atoms with Crippen molar-refractivity contribution in [3.63, 3.8) is 0 Å². The summed E-state index contributed by atoms with van der Waals surface area (Å²) in [6.07, 6.45) is 2.39. The Morgan fingerprint density at radius 1 is 1.57 bits per heavy atom. The molecule has 1 aromatic rings. The first-order chi connectivity index (χ1) is 6.38. The molecule has 0 atom stereocenters. The lowest BCUT2D eigenvalue weighted by molar-refractivity contribution is 0.310. The molecule has 1 rings (SSSR count). The molecule has 0 unspecified atom stereocenters. The van der Waals surface area contributed by atoms with Gasteiger partial charge < -0.3 is 4.98 Å². The summed E-state index contributed by atoms with van der Waals surface area (Å²) in [6, 6.07) is 1.50. The molecule has 5 nitrogen and oxygen atoms in total. The summed E-state index contributed by atoms with van der Waals surface area (Å²) in [5, 5.41) is 0. The summed E-state index contributed by atoms with van der Waals surface area (Å²) < 4.78 is 26.4. The highest BCUT2D eigenvalue weighted by Gasteiger charge is 2.06. The van der Waals surface area contributed by atoms with Crippen LogP contribution in [-0.2, 0) is 20.9 Å². The Morgan fingerprint density at radius 2 is 2.21 bits per heavy atom. The summed E-state index contributed by atoms with van der Waals surface area (Å²) in [5.41, 5.74) is -0.110. The Morgan fingerprint density at radius 3 is 2.79 bits per heavy atom. The van der Waals surface area contributed by atoms with Crippen molar-refractivity contribution in [2.75, 3.05) is 6.26 Å². The van der Waals surface area contributed by atoms with Gasteiger partial charge in [0.2, 0.25) is 0 Å². The molecule has 0 aromatic carbocycles. The van der Waals surface area contributed by atoms with Gasteiger partial charge in [0.25, 0.3) is 15.7 Å². The maximum absolute atomic E-state index is 11.1. The fraction of sp³-hybridized carbons (Fsp3) is 0.286. The molecule has 0 radical (unpaired) electrons. The van der Waals surface area contributed by atoms with E-state index < -0.39 is 10.1 Å². The molecule has 14 heavy (non-hydrogen) atoms. The van der Waals surface area contributed by atoms with E-state index in [1.165, 1.54) is 12.3 Å². The number of halogens is 1. The van der Waals surface area contributed by atoms with Gasteiger partial charge in [-0.2, -0.15) is 8.42 Å².